The quantitative estimate of drug-likeness (QED) is 0.843. The van der Waals surface area contributed by atoms with Gasteiger partial charge in [-0.3, -0.25) is 0 Å². The van der Waals surface area contributed by atoms with Gasteiger partial charge in [-0.15, -0.1) is 0 Å². The van der Waals surface area contributed by atoms with E-state index in [-0.39, 0.29) is 11.5 Å². The molecular weight excluding hydrogens is 234 g/mol. The summed E-state index contributed by atoms with van der Waals surface area (Å²) in [5, 5.41) is 10.3. The van der Waals surface area contributed by atoms with Crippen LogP contribution < -0.4 is 0 Å². The molecule has 0 radical (unpaired) electrons. The number of halogens is 2. The van der Waals surface area contributed by atoms with Crippen molar-refractivity contribution < 1.29 is 13.9 Å². The second-order valence-corrected chi connectivity index (χ2v) is 5.79. The van der Waals surface area contributed by atoms with Crippen molar-refractivity contribution >= 4 is 0 Å². The maximum Gasteiger partial charge on any atom is 0.129 e. The third-order valence-corrected chi connectivity index (χ3v) is 3.94. The molecule has 3 unspecified atom stereocenters. The monoisotopic (exact) mass is 254 g/mol. The first kappa shape index (κ1) is 13.5. The Labute approximate surface area is 107 Å². The van der Waals surface area contributed by atoms with Crippen molar-refractivity contribution in [3.8, 4) is 0 Å². The minimum absolute atomic E-state index is 0.0278. The Kier molecular flexibility index (Phi) is 4.00. The SMILES string of the molecule is CC1CC(C)CC(C(O)c2cc(F)ccc2F)C1. The van der Waals surface area contributed by atoms with Crippen LogP contribution >= 0.6 is 0 Å². The van der Waals surface area contributed by atoms with Gasteiger partial charge in [0.25, 0.3) is 0 Å². The van der Waals surface area contributed by atoms with Crippen molar-refractivity contribution in [3.63, 3.8) is 0 Å². The summed E-state index contributed by atoms with van der Waals surface area (Å²) in [6.45, 7) is 4.30. The Morgan fingerprint density at radius 3 is 2.33 bits per heavy atom. The Morgan fingerprint density at radius 1 is 1.11 bits per heavy atom. The summed E-state index contributed by atoms with van der Waals surface area (Å²) in [5.74, 6) is 0.0761. The fraction of sp³-hybridized carbons (Fsp3) is 0.600. The van der Waals surface area contributed by atoms with Crippen LogP contribution in [0.5, 0.6) is 0 Å². The van der Waals surface area contributed by atoms with Gasteiger partial charge in [0.15, 0.2) is 0 Å². The number of aliphatic hydroxyl groups is 1. The number of hydrogen-bond acceptors (Lipinski definition) is 1. The molecule has 1 aliphatic rings. The molecule has 1 aromatic carbocycles. The van der Waals surface area contributed by atoms with Crippen LogP contribution in [0.1, 0.15) is 44.8 Å². The Balaban J connectivity index is 2.19. The highest BCUT2D eigenvalue weighted by molar-refractivity contribution is 5.21. The molecule has 18 heavy (non-hydrogen) atoms. The summed E-state index contributed by atoms with van der Waals surface area (Å²) in [5.41, 5.74) is 0.0984. The predicted octanol–water partition coefficient (Wildman–Crippen LogP) is 4.07. The molecule has 1 aromatic rings. The lowest BCUT2D eigenvalue weighted by molar-refractivity contribution is 0.0524. The van der Waals surface area contributed by atoms with Crippen LogP contribution in [0, 0.1) is 29.4 Å². The highest BCUT2D eigenvalue weighted by atomic mass is 19.1. The highest BCUT2D eigenvalue weighted by Crippen LogP contribution is 2.40. The summed E-state index contributed by atoms with van der Waals surface area (Å²) >= 11 is 0. The standard InChI is InChI=1S/C15H20F2O/c1-9-5-10(2)7-11(6-9)15(18)13-8-12(16)3-4-14(13)17/h3-4,8-11,15,18H,5-7H2,1-2H3. The van der Waals surface area contributed by atoms with Crippen molar-refractivity contribution in [1.29, 1.82) is 0 Å². The number of benzene rings is 1. The van der Waals surface area contributed by atoms with Gasteiger partial charge in [0.1, 0.15) is 11.6 Å². The summed E-state index contributed by atoms with van der Waals surface area (Å²) < 4.78 is 26.8. The summed E-state index contributed by atoms with van der Waals surface area (Å²) in [7, 11) is 0. The number of aliphatic hydroxyl groups excluding tert-OH is 1. The van der Waals surface area contributed by atoms with Crippen LogP contribution in [0.15, 0.2) is 18.2 Å². The van der Waals surface area contributed by atoms with E-state index in [1.165, 1.54) is 0 Å². The summed E-state index contributed by atoms with van der Waals surface area (Å²) in [6.07, 6.45) is 2.00. The molecule has 1 aliphatic carbocycles. The third-order valence-electron chi connectivity index (χ3n) is 3.94. The van der Waals surface area contributed by atoms with Gasteiger partial charge in [-0.1, -0.05) is 13.8 Å². The maximum atomic E-state index is 13.6. The van der Waals surface area contributed by atoms with Crippen LogP contribution in [-0.4, -0.2) is 5.11 Å². The molecule has 3 heteroatoms. The van der Waals surface area contributed by atoms with Crippen molar-refractivity contribution in [2.45, 2.75) is 39.2 Å². The molecule has 0 amide bonds. The van der Waals surface area contributed by atoms with Crippen LogP contribution in [0.25, 0.3) is 0 Å². The van der Waals surface area contributed by atoms with E-state index in [0.29, 0.717) is 11.8 Å². The second kappa shape index (κ2) is 5.35. The summed E-state index contributed by atoms with van der Waals surface area (Å²) in [6, 6.07) is 3.28. The fourth-order valence-electron chi connectivity index (χ4n) is 3.26. The first-order valence-electron chi connectivity index (χ1n) is 6.60. The lowest BCUT2D eigenvalue weighted by Gasteiger charge is -2.34. The van der Waals surface area contributed by atoms with Gasteiger partial charge in [-0.05, 0) is 55.2 Å². The molecule has 0 spiro atoms. The molecule has 100 valence electrons. The Hall–Kier alpha value is -0.960. The minimum Gasteiger partial charge on any atom is -0.388 e. The lowest BCUT2D eigenvalue weighted by Crippen LogP contribution is -2.25. The minimum atomic E-state index is -0.897. The van der Waals surface area contributed by atoms with E-state index in [9.17, 15) is 13.9 Å². The number of rotatable bonds is 2. The van der Waals surface area contributed by atoms with Gasteiger partial charge in [0.2, 0.25) is 0 Å². The normalized spacial score (nSPS) is 30.2. The highest BCUT2D eigenvalue weighted by Gasteiger charge is 2.31. The van der Waals surface area contributed by atoms with E-state index in [4.69, 9.17) is 0 Å². The zero-order chi connectivity index (χ0) is 13.3. The van der Waals surface area contributed by atoms with Crippen molar-refractivity contribution in [2.24, 2.45) is 17.8 Å². The van der Waals surface area contributed by atoms with Crippen LogP contribution in [-0.2, 0) is 0 Å². The maximum absolute atomic E-state index is 13.6. The van der Waals surface area contributed by atoms with E-state index in [1.54, 1.807) is 0 Å². The van der Waals surface area contributed by atoms with E-state index < -0.39 is 17.7 Å². The molecule has 1 nitrogen and oxygen atoms in total. The zero-order valence-electron chi connectivity index (χ0n) is 10.9. The van der Waals surface area contributed by atoms with Crippen molar-refractivity contribution in [3.05, 3.63) is 35.4 Å². The molecule has 0 aliphatic heterocycles. The van der Waals surface area contributed by atoms with Gasteiger partial charge in [-0.2, -0.15) is 0 Å². The van der Waals surface area contributed by atoms with Gasteiger partial charge >= 0.3 is 0 Å². The Morgan fingerprint density at radius 2 is 1.72 bits per heavy atom. The number of hydrogen-bond donors (Lipinski definition) is 1. The van der Waals surface area contributed by atoms with Crippen LogP contribution in [0.4, 0.5) is 8.78 Å². The smallest absolute Gasteiger partial charge is 0.129 e. The molecule has 0 heterocycles. The largest absolute Gasteiger partial charge is 0.388 e. The van der Waals surface area contributed by atoms with Crippen LogP contribution in [0.2, 0.25) is 0 Å². The molecule has 0 saturated heterocycles. The van der Waals surface area contributed by atoms with Gasteiger partial charge in [-0.25, -0.2) is 8.78 Å². The lowest BCUT2D eigenvalue weighted by atomic mass is 9.73. The molecule has 1 saturated carbocycles. The molecular formula is C15H20F2O. The fourth-order valence-corrected chi connectivity index (χ4v) is 3.26. The molecule has 1 fully saturated rings. The molecule has 3 atom stereocenters. The summed E-state index contributed by atoms with van der Waals surface area (Å²) in [4.78, 5) is 0. The topological polar surface area (TPSA) is 20.2 Å². The first-order chi connectivity index (χ1) is 8.47. The van der Waals surface area contributed by atoms with Crippen LogP contribution in [0.3, 0.4) is 0 Å². The van der Waals surface area contributed by atoms with E-state index in [0.717, 1.165) is 37.5 Å². The van der Waals surface area contributed by atoms with Crippen molar-refractivity contribution in [1.82, 2.24) is 0 Å². The molecule has 2 rings (SSSR count). The van der Waals surface area contributed by atoms with Gasteiger partial charge in [0.05, 0.1) is 6.10 Å². The molecule has 0 aromatic heterocycles. The molecule has 0 bridgehead atoms. The zero-order valence-corrected chi connectivity index (χ0v) is 10.9. The Bertz CT molecular complexity index is 409. The average Bonchev–Trinajstić information content (AvgIpc) is 2.30. The first-order valence-corrected chi connectivity index (χ1v) is 6.60. The third kappa shape index (κ3) is 2.89. The van der Waals surface area contributed by atoms with Gasteiger partial charge < -0.3 is 5.11 Å². The van der Waals surface area contributed by atoms with E-state index >= 15 is 0 Å². The average molecular weight is 254 g/mol. The van der Waals surface area contributed by atoms with Gasteiger partial charge in [0, 0.05) is 5.56 Å². The molecule has 1 N–H and O–H groups in total. The van der Waals surface area contributed by atoms with Crippen molar-refractivity contribution in [2.75, 3.05) is 0 Å². The van der Waals surface area contributed by atoms with E-state index in [1.807, 2.05) is 0 Å². The second-order valence-electron chi connectivity index (χ2n) is 5.79. The van der Waals surface area contributed by atoms with E-state index in [2.05, 4.69) is 13.8 Å². The predicted molar refractivity (Wildman–Crippen MR) is 67.0 cm³/mol.